The van der Waals surface area contributed by atoms with Gasteiger partial charge in [-0.1, -0.05) is 0 Å². The number of ether oxygens (including phenoxy) is 1. The molecule has 2 N–H and O–H groups in total. The van der Waals surface area contributed by atoms with Crippen LogP contribution in [0.2, 0.25) is 0 Å². The minimum absolute atomic E-state index is 0.00688. The number of hydrogen-bond donors (Lipinski definition) is 2. The molecule has 0 aromatic carbocycles. The van der Waals surface area contributed by atoms with Gasteiger partial charge in [-0.2, -0.15) is 0 Å². The average molecular weight is 253 g/mol. The number of methoxy groups -OCH3 is 1. The van der Waals surface area contributed by atoms with Crippen molar-refractivity contribution in [2.45, 2.75) is 25.8 Å². The summed E-state index contributed by atoms with van der Waals surface area (Å²) in [7, 11) is 1.32. The van der Waals surface area contributed by atoms with Gasteiger partial charge in [-0.15, -0.1) is 0 Å². The second kappa shape index (κ2) is 5.12. The maximum atomic E-state index is 11.3. The number of furan rings is 1. The van der Waals surface area contributed by atoms with Crippen molar-refractivity contribution in [1.29, 1.82) is 0 Å². The minimum Gasteiger partial charge on any atom is -0.463 e. The van der Waals surface area contributed by atoms with Gasteiger partial charge >= 0.3 is 5.97 Å². The Bertz CT molecular complexity index is 422. The first-order valence-electron chi connectivity index (χ1n) is 6.12. The molecule has 0 bridgehead atoms. The molecule has 0 aliphatic heterocycles. The first-order chi connectivity index (χ1) is 8.60. The third kappa shape index (κ3) is 2.73. The zero-order valence-electron chi connectivity index (χ0n) is 10.7. The number of nitrogens with one attached hydrogen (secondary N) is 1. The SMILES string of the molecule is COC(=O)c1ccc(C(C)NCC2(CO)CC2)o1. The van der Waals surface area contributed by atoms with Crippen LogP contribution in [0.15, 0.2) is 16.5 Å². The van der Waals surface area contributed by atoms with E-state index in [-0.39, 0.29) is 23.8 Å². The average Bonchev–Trinajstić information content (AvgIpc) is 3.01. The van der Waals surface area contributed by atoms with Crippen LogP contribution in [0.3, 0.4) is 0 Å². The van der Waals surface area contributed by atoms with Crippen LogP contribution < -0.4 is 5.32 Å². The van der Waals surface area contributed by atoms with Crippen LogP contribution in [0.25, 0.3) is 0 Å². The Balaban J connectivity index is 1.90. The Morgan fingerprint density at radius 3 is 2.89 bits per heavy atom. The smallest absolute Gasteiger partial charge is 0.373 e. The number of aliphatic hydroxyl groups is 1. The monoisotopic (exact) mass is 253 g/mol. The van der Waals surface area contributed by atoms with Crippen molar-refractivity contribution < 1.29 is 19.1 Å². The van der Waals surface area contributed by atoms with E-state index in [0.717, 1.165) is 19.4 Å². The number of rotatable bonds is 6. The number of carbonyl (C=O) groups is 1. The van der Waals surface area contributed by atoms with Gasteiger partial charge in [0.15, 0.2) is 0 Å². The number of hydrogen-bond acceptors (Lipinski definition) is 5. The highest BCUT2D eigenvalue weighted by molar-refractivity contribution is 5.86. The molecule has 1 atom stereocenters. The summed E-state index contributed by atoms with van der Waals surface area (Å²) in [4.78, 5) is 11.3. The normalized spacial score (nSPS) is 18.4. The fourth-order valence-corrected chi connectivity index (χ4v) is 1.83. The molecule has 5 heteroatoms. The van der Waals surface area contributed by atoms with E-state index in [9.17, 15) is 9.90 Å². The molecule has 0 amide bonds. The molecular weight excluding hydrogens is 234 g/mol. The second-order valence-corrected chi connectivity index (χ2v) is 4.95. The van der Waals surface area contributed by atoms with Crippen molar-refractivity contribution in [2.75, 3.05) is 20.3 Å². The lowest BCUT2D eigenvalue weighted by Gasteiger charge is -2.16. The highest BCUT2D eigenvalue weighted by atomic mass is 16.5. The van der Waals surface area contributed by atoms with Gasteiger partial charge < -0.3 is 19.6 Å². The van der Waals surface area contributed by atoms with E-state index in [1.165, 1.54) is 7.11 Å². The molecular formula is C13H19NO4. The van der Waals surface area contributed by atoms with Crippen LogP contribution in [-0.2, 0) is 4.74 Å². The fraction of sp³-hybridized carbons (Fsp3) is 0.615. The molecule has 1 fully saturated rings. The molecule has 2 rings (SSSR count). The standard InChI is InChI=1S/C13H19NO4/c1-9(14-7-13(8-15)5-6-13)10-3-4-11(18-10)12(16)17-2/h3-4,9,14-15H,5-8H2,1-2H3. The quantitative estimate of drug-likeness (QED) is 0.751. The van der Waals surface area contributed by atoms with Gasteiger partial charge in [-0.25, -0.2) is 4.79 Å². The molecule has 0 saturated heterocycles. The summed E-state index contributed by atoms with van der Waals surface area (Å²) in [5.74, 6) is 0.441. The second-order valence-electron chi connectivity index (χ2n) is 4.95. The predicted molar refractivity (Wildman–Crippen MR) is 65.2 cm³/mol. The van der Waals surface area contributed by atoms with Crippen LogP contribution in [-0.4, -0.2) is 31.3 Å². The molecule has 1 heterocycles. The van der Waals surface area contributed by atoms with Crippen molar-refractivity contribution in [3.63, 3.8) is 0 Å². The topological polar surface area (TPSA) is 71.7 Å². The first kappa shape index (κ1) is 13.1. The van der Waals surface area contributed by atoms with Gasteiger partial charge in [0.1, 0.15) is 5.76 Å². The summed E-state index contributed by atoms with van der Waals surface area (Å²) in [6.07, 6.45) is 2.13. The summed E-state index contributed by atoms with van der Waals surface area (Å²) in [5, 5.41) is 12.5. The van der Waals surface area contributed by atoms with E-state index in [2.05, 4.69) is 10.1 Å². The maximum absolute atomic E-state index is 11.3. The lowest BCUT2D eigenvalue weighted by atomic mass is 10.1. The van der Waals surface area contributed by atoms with Crippen molar-refractivity contribution in [2.24, 2.45) is 5.41 Å². The Labute approximate surface area is 106 Å². The van der Waals surface area contributed by atoms with Crippen LogP contribution in [0, 0.1) is 5.41 Å². The zero-order chi connectivity index (χ0) is 13.2. The summed E-state index contributed by atoms with van der Waals surface area (Å²) in [5.41, 5.74) is 0.0615. The van der Waals surface area contributed by atoms with Crippen molar-refractivity contribution in [1.82, 2.24) is 5.32 Å². The van der Waals surface area contributed by atoms with E-state index in [1.54, 1.807) is 12.1 Å². The molecule has 1 saturated carbocycles. The van der Waals surface area contributed by atoms with Gasteiger partial charge in [-0.05, 0) is 31.9 Å². The Morgan fingerprint density at radius 2 is 2.33 bits per heavy atom. The van der Waals surface area contributed by atoms with Gasteiger partial charge in [-0.3, -0.25) is 0 Å². The van der Waals surface area contributed by atoms with Crippen LogP contribution in [0.5, 0.6) is 0 Å². The number of aliphatic hydroxyl groups excluding tert-OH is 1. The van der Waals surface area contributed by atoms with Gasteiger partial charge in [0, 0.05) is 18.6 Å². The van der Waals surface area contributed by atoms with E-state index < -0.39 is 5.97 Å². The molecule has 1 unspecified atom stereocenters. The minimum atomic E-state index is -0.470. The molecule has 1 aliphatic rings. The van der Waals surface area contributed by atoms with E-state index in [1.807, 2.05) is 6.92 Å². The highest BCUT2D eigenvalue weighted by Gasteiger charge is 2.41. The largest absolute Gasteiger partial charge is 0.463 e. The molecule has 1 aromatic heterocycles. The molecule has 5 nitrogen and oxygen atoms in total. The zero-order valence-corrected chi connectivity index (χ0v) is 10.7. The summed E-state index contributed by atoms with van der Waals surface area (Å²) >= 11 is 0. The number of esters is 1. The van der Waals surface area contributed by atoms with Crippen molar-refractivity contribution in [3.05, 3.63) is 23.7 Å². The van der Waals surface area contributed by atoms with Crippen LogP contribution in [0.1, 0.15) is 42.1 Å². The molecule has 100 valence electrons. The number of carbonyl (C=O) groups excluding carboxylic acids is 1. The summed E-state index contributed by atoms with van der Waals surface area (Å²) < 4.78 is 10.0. The van der Waals surface area contributed by atoms with Gasteiger partial charge in [0.25, 0.3) is 0 Å². The van der Waals surface area contributed by atoms with Crippen molar-refractivity contribution in [3.8, 4) is 0 Å². The predicted octanol–water partition coefficient (Wildman–Crippen LogP) is 1.49. The Kier molecular flexibility index (Phi) is 3.73. The van der Waals surface area contributed by atoms with Gasteiger partial charge in [0.05, 0.1) is 13.2 Å². The molecule has 1 aliphatic carbocycles. The summed E-state index contributed by atoms with van der Waals surface area (Å²) in [6.45, 7) is 2.95. The molecule has 0 radical (unpaired) electrons. The van der Waals surface area contributed by atoms with Crippen LogP contribution in [0.4, 0.5) is 0 Å². The van der Waals surface area contributed by atoms with Crippen molar-refractivity contribution >= 4 is 5.97 Å². The lowest BCUT2D eigenvalue weighted by molar-refractivity contribution is 0.0562. The van der Waals surface area contributed by atoms with Crippen LogP contribution >= 0.6 is 0 Å². The van der Waals surface area contributed by atoms with E-state index in [4.69, 9.17) is 4.42 Å². The molecule has 0 spiro atoms. The van der Waals surface area contributed by atoms with Gasteiger partial charge in [0.2, 0.25) is 5.76 Å². The first-order valence-corrected chi connectivity index (χ1v) is 6.12. The fourth-order valence-electron chi connectivity index (χ4n) is 1.83. The Morgan fingerprint density at radius 1 is 1.61 bits per heavy atom. The lowest BCUT2D eigenvalue weighted by Crippen LogP contribution is -2.28. The summed E-state index contributed by atoms with van der Waals surface area (Å²) in [6, 6.07) is 3.38. The molecule has 1 aromatic rings. The highest BCUT2D eigenvalue weighted by Crippen LogP contribution is 2.44. The molecule has 18 heavy (non-hydrogen) atoms. The third-order valence-corrected chi connectivity index (χ3v) is 3.52. The maximum Gasteiger partial charge on any atom is 0.373 e. The Hall–Kier alpha value is -1.33. The third-order valence-electron chi connectivity index (χ3n) is 3.52. The van der Waals surface area contributed by atoms with E-state index in [0.29, 0.717) is 5.76 Å². The van der Waals surface area contributed by atoms with E-state index >= 15 is 0 Å².